The molecule has 0 atom stereocenters. The van der Waals surface area contributed by atoms with Gasteiger partial charge in [0.25, 0.3) is 5.91 Å². The molecule has 0 aliphatic heterocycles. The summed E-state index contributed by atoms with van der Waals surface area (Å²) in [6, 6.07) is 15.6. The van der Waals surface area contributed by atoms with Gasteiger partial charge in [0.15, 0.2) is 0 Å². The lowest BCUT2D eigenvalue weighted by Crippen LogP contribution is -2.11. The minimum atomic E-state index is -0.204. The largest absolute Gasteiger partial charge is 0.345 e. The van der Waals surface area contributed by atoms with Crippen molar-refractivity contribution in [3.05, 3.63) is 78.4 Å². The molecule has 0 aliphatic rings. The molecule has 0 saturated heterocycles. The van der Waals surface area contributed by atoms with Crippen molar-refractivity contribution in [3.63, 3.8) is 0 Å². The lowest BCUT2D eigenvalue weighted by atomic mass is 10.2. The normalized spacial score (nSPS) is 10.8. The number of hydrogen-bond acceptors (Lipinski definition) is 3. The number of amides is 1. The molecule has 0 saturated carbocycles. The first-order valence-electron chi connectivity index (χ1n) is 7.59. The smallest absolute Gasteiger partial charge is 0.258 e. The summed E-state index contributed by atoms with van der Waals surface area (Å²) in [7, 11) is 0. The summed E-state index contributed by atoms with van der Waals surface area (Å²) in [5.41, 5.74) is 3.94. The summed E-state index contributed by atoms with van der Waals surface area (Å²) >= 11 is 0. The molecule has 0 spiro atoms. The molecule has 0 radical (unpaired) electrons. The van der Waals surface area contributed by atoms with Crippen LogP contribution in [0.2, 0.25) is 0 Å². The fraction of sp³-hybridized carbons (Fsp3) is 0.0556. The zero-order valence-electron chi connectivity index (χ0n) is 12.8. The van der Waals surface area contributed by atoms with E-state index in [2.05, 4.69) is 20.4 Å². The highest BCUT2D eigenvalue weighted by Gasteiger charge is 2.11. The fourth-order valence-electron chi connectivity index (χ4n) is 2.60. The van der Waals surface area contributed by atoms with E-state index in [9.17, 15) is 4.79 Å². The molecule has 2 N–H and O–H groups in total. The van der Waals surface area contributed by atoms with Gasteiger partial charge in [0.2, 0.25) is 0 Å². The average molecular weight is 317 g/mol. The van der Waals surface area contributed by atoms with Gasteiger partial charge in [-0.25, -0.2) is 4.98 Å². The third kappa shape index (κ3) is 2.77. The molecule has 6 heteroatoms. The number of carbonyl (C=O) groups is 1. The van der Waals surface area contributed by atoms with E-state index >= 15 is 0 Å². The number of rotatable bonds is 4. The van der Waals surface area contributed by atoms with Gasteiger partial charge in [-0.05, 0) is 17.7 Å². The maximum absolute atomic E-state index is 12.4. The number of nitrogens with zero attached hydrogens (tertiary/aromatic N) is 3. The molecular weight excluding hydrogens is 302 g/mol. The molecule has 0 bridgehead atoms. The first kappa shape index (κ1) is 14.2. The van der Waals surface area contributed by atoms with Gasteiger partial charge in [0.1, 0.15) is 5.52 Å². The number of fused-ring (bicyclic) bond motifs is 1. The standard InChI is InChI=1S/C18H15N5O/c24-18(22-16-8-4-7-15-17(16)20-12-19-15)14-9-21-23(11-14)10-13-5-2-1-3-6-13/h1-9,11-12H,10H2,(H,19,20)(H,22,24). The van der Waals surface area contributed by atoms with Crippen LogP contribution in [-0.2, 0) is 6.54 Å². The Labute approximate surface area is 138 Å². The quantitative estimate of drug-likeness (QED) is 0.607. The van der Waals surface area contributed by atoms with Crippen LogP contribution in [0.5, 0.6) is 0 Å². The van der Waals surface area contributed by atoms with Crippen LogP contribution in [0.25, 0.3) is 11.0 Å². The molecule has 118 valence electrons. The number of anilines is 1. The lowest BCUT2D eigenvalue weighted by molar-refractivity contribution is 0.102. The van der Waals surface area contributed by atoms with Gasteiger partial charge < -0.3 is 10.3 Å². The number of para-hydroxylation sites is 1. The highest BCUT2D eigenvalue weighted by atomic mass is 16.1. The number of imidazole rings is 1. The van der Waals surface area contributed by atoms with E-state index in [0.717, 1.165) is 16.6 Å². The van der Waals surface area contributed by atoms with Gasteiger partial charge in [0, 0.05) is 6.20 Å². The number of aromatic nitrogens is 4. The molecule has 6 nitrogen and oxygen atoms in total. The third-order valence-corrected chi connectivity index (χ3v) is 3.78. The molecule has 2 aromatic heterocycles. The Bertz CT molecular complexity index is 987. The van der Waals surface area contributed by atoms with Gasteiger partial charge >= 0.3 is 0 Å². The number of aromatic amines is 1. The monoisotopic (exact) mass is 317 g/mol. The predicted octanol–water partition coefficient (Wildman–Crippen LogP) is 3.06. The number of H-pyrrole nitrogens is 1. The van der Waals surface area contributed by atoms with Crippen molar-refractivity contribution in [2.75, 3.05) is 5.32 Å². The fourth-order valence-corrected chi connectivity index (χ4v) is 2.60. The maximum Gasteiger partial charge on any atom is 0.258 e. The molecule has 4 aromatic rings. The minimum absolute atomic E-state index is 0.204. The van der Waals surface area contributed by atoms with Crippen LogP contribution < -0.4 is 5.32 Å². The second kappa shape index (κ2) is 6.00. The Kier molecular flexibility index (Phi) is 3.55. The zero-order valence-corrected chi connectivity index (χ0v) is 12.8. The summed E-state index contributed by atoms with van der Waals surface area (Å²) in [4.78, 5) is 19.7. The molecule has 2 heterocycles. The minimum Gasteiger partial charge on any atom is -0.345 e. The third-order valence-electron chi connectivity index (χ3n) is 3.78. The highest BCUT2D eigenvalue weighted by molar-refractivity contribution is 6.07. The summed E-state index contributed by atoms with van der Waals surface area (Å²) in [6.45, 7) is 0.628. The molecule has 1 amide bonds. The number of carbonyl (C=O) groups excluding carboxylic acids is 1. The summed E-state index contributed by atoms with van der Waals surface area (Å²) < 4.78 is 1.75. The van der Waals surface area contributed by atoms with E-state index in [-0.39, 0.29) is 5.91 Å². The summed E-state index contributed by atoms with van der Waals surface area (Å²) in [6.07, 6.45) is 4.92. The summed E-state index contributed by atoms with van der Waals surface area (Å²) in [5.74, 6) is -0.204. The van der Waals surface area contributed by atoms with Gasteiger partial charge in [-0.2, -0.15) is 5.10 Å². The number of benzene rings is 2. The van der Waals surface area contributed by atoms with E-state index in [1.54, 1.807) is 23.4 Å². The molecule has 2 aromatic carbocycles. The van der Waals surface area contributed by atoms with Crippen LogP contribution in [-0.4, -0.2) is 25.7 Å². The van der Waals surface area contributed by atoms with Gasteiger partial charge in [0.05, 0.1) is 35.8 Å². The van der Waals surface area contributed by atoms with Crippen molar-refractivity contribution in [1.82, 2.24) is 19.7 Å². The van der Waals surface area contributed by atoms with Crippen LogP contribution in [0.4, 0.5) is 5.69 Å². The second-order valence-corrected chi connectivity index (χ2v) is 5.47. The van der Waals surface area contributed by atoms with Crippen LogP contribution in [0, 0.1) is 0 Å². The highest BCUT2D eigenvalue weighted by Crippen LogP contribution is 2.20. The molecule has 0 aliphatic carbocycles. The Morgan fingerprint density at radius 3 is 2.88 bits per heavy atom. The van der Waals surface area contributed by atoms with E-state index in [1.807, 2.05) is 48.5 Å². The first-order chi connectivity index (χ1) is 11.8. The van der Waals surface area contributed by atoms with E-state index in [4.69, 9.17) is 0 Å². The van der Waals surface area contributed by atoms with E-state index in [0.29, 0.717) is 17.8 Å². The SMILES string of the molecule is O=C(Nc1cccc2[nH]cnc12)c1cnn(Cc2ccccc2)c1. The topological polar surface area (TPSA) is 75.6 Å². The van der Waals surface area contributed by atoms with Crippen molar-refractivity contribution >= 4 is 22.6 Å². The Hall–Kier alpha value is -3.41. The number of nitrogens with one attached hydrogen (secondary N) is 2. The van der Waals surface area contributed by atoms with Crippen LogP contribution >= 0.6 is 0 Å². The zero-order chi connectivity index (χ0) is 16.4. The van der Waals surface area contributed by atoms with Crippen molar-refractivity contribution in [2.45, 2.75) is 6.54 Å². The van der Waals surface area contributed by atoms with Gasteiger partial charge in [-0.15, -0.1) is 0 Å². The lowest BCUT2D eigenvalue weighted by Gasteiger charge is -2.04. The predicted molar refractivity (Wildman–Crippen MR) is 91.8 cm³/mol. The first-order valence-corrected chi connectivity index (χ1v) is 7.59. The Balaban J connectivity index is 1.52. The van der Waals surface area contributed by atoms with Crippen molar-refractivity contribution < 1.29 is 4.79 Å². The van der Waals surface area contributed by atoms with E-state index < -0.39 is 0 Å². The van der Waals surface area contributed by atoms with Crippen LogP contribution in [0.15, 0.2) is 67.3 Å². The average Bonchev–Trinajstić information content (AvgIpc) is 3.25. The molecule has 24 heavy (non-hydrogen) atoms. The van der Waals surface area contributed by atoms with Crippen molar-refractivity contribution in [3.8, 4) is 0 Å². The molecule has 0 fully saturated rings. The molecule has 4 rings (SSSR count). The molecular formula is C18H15N5O. The van der Waals surface area contributed by atoms with Crippen LogP contribution in [0.1, 0.15) is 15.9 Å². The van der Waals surface area contributed by atoms with Gasteiger partial charge in [-0.1, -0.05) is 36.4 Å². The second-order valence-electron chi connectivity index (χ2n) is 5.47. The maximum atomic E-state index is 12.4. The molecule has 0 unspecified atom stereocenters. The Morgan fingerprint density at radius 1 is 1.12 bits per heavy atom. The number of hydrogen-bond donors (Lipinski definition) is 2. The van der Waals surface area contributed by atoms with E-state index in [1.165, 1.54) is 0 Å². The van der Waals surface area contributed by atoms with Crippen molar-refractivity contribution in [1.29, 1.82) is 0 Å². The van der Waals surface area contributed by atoms with Crippen LogP contribution in [0.3, 0.4) is 0 Å². The van der Waals surface area contributed by atoms with Crippen molar-refractivity contribution in [2.24, 2.45) is 0 Å². The Morgan fingerprint density at radius 2 is 2.00 bits per heavy atom. The summed E-state index contributed by atoms with van der Waals surface area (Å²) in [5, 5.41) is 7.15. The van der Waals surface area contributed by atoms with Gasteiger partial charge in [-0.3, -0.25) is 9.48 Å².